The van der Waals surface area contributed by atoms with Crippen molar-refractivity contribution < 1.29 is 9.18 Å². The summed E-state index contributed by atoms with van der Waals surface area (Å²) in [4.78, 5) is 14.2. The summed E-state index contributed by atoms with van der Waals surface area (Å²) in [6.07, 6.45) is 0. The number of aromatic nitrogens is 2. The molecule has 1 aromatic carbocycles. The first kappa shape index (κ1) is 13.3. The van der Waals surface area contributed by atoms with Crippen LogP contribution in [0.5, 0.6) is 0 Å². The second-order valence-corrected chi connectivity index (χ2v) is 5.40. The van der Waals surface area contributed by atoms with Crippen LogP contribution in [-0.2, 0) is 5.33 Å². The van der Waals surface area contributed by atoms with Crippen molar-refractivity contribution >= 4 is 27.5 Å². The lowest BCUT2D eigenvalue weighted by molar-refractivity contribution is 0.0953. The van der Waals surface area contributed by atoms with Crippen molar-refractivity contribution in [1.82, 2.24) is 9.78 Å². The van der Waals surface area contributed by atoms with E-state index in [1.54, 1.807) is 27.8 Å². The summed E-state index contributed by atoms with van der Waals surface area (Å²) in [5, 5.41) is 5.02. The van der Waals surface area contributed by atoms with Gasteiger partial charge in [-0.15, -0.1) is 0 Å². The number of benzene rings is 1. The fraction of sp³-hybridized carbons (Fsp3) is 0.286. The van der Waals surface area contributed by atoms with Gasteiger partial charge in [0.15, 0.2) is 0 Å². The molecule has 4 nitrogen and oxygen atoms in total. The van der Waals surface area contributed by atoms with Gasteiger partial charge in [0.2, 0.25) is 0 Å². The van der Waals surface area contributed by atoms with Crippen molar-refractivity contribution in [3.05, 3.63) is 47.5 Å². The molecule has 104 valence electrons. The number of alkyl halides is 1. The molecule has 2 aromatic rings. The molecule has 2 heterocycles. The minimum atomic E-state index is -0.308. The van der Waals surface area contributed by atoms with Crippen molar-refractivity contribution in [2.75, 3.05) is 11.4 Å². The minimum Gasteiger partial charge on any atom is -0.305 e. The molecule has 0 fully saturated rings. The van der Waals surface area contributed by atoms with Crippen LogP contribution in [-0.4, -0.2) is 22.2 Å². The van der Waals surface area contributed by atoms with Crippen LogP contribution < -0.4 is 4.90 Å². The van der Waals surface area contributed by atoms with Gasteiger partial charge in [0.1, 0.15) is 11.5 Å². The fourth-order valence-corrected chi connectivity index (χ4v) is 2.69. The number of anilines is 1. The van der Waals surface area contributed by atoms with Gasteiger partial charge in [-0.3, -0.25) is 9.48 Å². The molecule has 1 amide bonds. The number of hydrogen-bond donors (Lipinski definition) is 0. The number of amides is 1. The van der Waals surface area contributed by atoms with E-state index in [9.17, 15) is 9.18 Å². The molecular formula is C14H13BrFN3O. The zero-order chi connectivity index (χ0) is 14.3. The molecular weight excluding hydrogens is 325 g/mol. The first-order valence-electron chi connectivity index (χ1n) is 6.32. The Morgan fingerprint density at radius 1 is 1.40 bits per heavy atom. The third-order valence-corrected chi connectivity index (χ3v) is 3.96. The van der Waals surface area contributed by atoms with Crippen molar-refractivity contribution in [3.63, 3.8) is 0 Å². The SMILES string of the molecule is C[C@@H]1CN(c2ccc(F)cc2)C(=O)c2cc(CBr)nn21. The molecule has 0 radical (unpaired) electrons. The van der Waals surface area contributed by atoms with Gasteiger partial charge >= 0.3 is 0 Å². The molecule has 1 aliphatic heterocycles. The molecule has 0 saturated carbocycles. The highest BCUT2D eigenvalue weighted by Crippen LogP contribution is 2.27. The molecule has 0 saturated heterocycles. The second kappa shape index (κ2) is 5.01. The topological polar surface area (TPSA) is 38.1 Å². The molecule has 3 rings (SSSR count). The number of rotatable bonds is 2. The van der Waals surface area contributed by atoms with Crippen LogP contribution in [0.25, 0.3) is 0 Å². The molecule has 1 atom stereocenters. The van der Waals surface area contributed by atoms with Gasteiger partial charge in [-0.05, 0) is 37.3 Å². The quantitative estimate of drug-likeness (QED) is 0.789. The van der Waals surface area contributed by atoms with E-state index in [1.165, 1.54) is 12.1 Å². The van der Waals surface area contributed by atoms with E-state index in [4.69, 9.17) is 0 Å². The zero-order valence-corrected chi connectivity index (χ0v) is 12.5. The monoisotopic (exact) mass is 337 g/mol. The Hall–Kier alpha value is -1.69. The van der Waals surface area contributed by atoms with Gasteiger partial charge in [0.05, 0.1) is 11.7 Å². The van der Waals surface area contributed by atoms with E-state index in [0.717, 1.165) is 5.69 Å². The first-order valence-corrected chi connectivity index (χ1v) is 7.44. The van der Waals surface area contributed by atoms with Crippen LogP contribution in [0.2, 0.25) is 0 Å². The maximum Gasteiger partial charge on any atom is 0.276 e. The summed E-state index contributed by atoms with van der Waals surface area (Å²) in [5.74, 6) is -0.410. The molecule has 0 N–H and O–H groups in total. The maximum atomic E-state index is 13.0. The lowest BCUT2D eigenvalue weighted by atomic mass is 10.1. The number of carbonyl (C=O) groups is 1. The standard InChI is InChI=1S/C14H13BrFN3O/c1-9-8-18(12-4-2-10(16)3-5-12)14(20)13-6-11(7-15)17-19(9)13/h2-6,9H,7-8H2,1H3/t9-/m1/s1. The fourth-order valence-electron chi connectivity index (χ4n) is 2.41. The third-order valence-electron chi connectivity index (χ3n) is 3.39. The van der Waals surface area contributed by atoms with Gasteiger partial charge in [-0.25, -0.2) is 4.39 Å². The predicted octanol–water partition coefficient (Wildman–Crippen LogP) is 3.14. The van der Waals surface area contributed by atoms with E-state index in [2.05, 4.69) is 21.0 Å². The highest BCUT2D eigenvalue weighted by Gasteiger charge is 2.31. The number of fused-ring (bicyclic) bond motifs is 1. The van der Waals surface area contributed by atoms with E-state index in [-0.39, 0.29) is 17.8 Å². The summed E-state index contributed by atoms with van der Waals surface area (Å²) < 4.78 is 14.8. The summed E-state index contributed by atoms with van der Waals surface area (Å²) in [6.45, 7) is 2.54. The van der Waals surface area contributed by atoms with E-state index < -0.39 is 0 Å². The highest BCUT2D eigenvalue weighted by molar-refractivity contribution is 9.08. The van der Waals surface area contributed by atoms with Crippen molar-refractivity contribution in [2.24, 2.45) is 0 Å². The van der Waals surface area contributed by atoms with Crippen molar-refractivity contribution in [2.45, 2.75) is 18.3 Å². The van der Waals surface area contributed by atoms with Crippen LogP contribution in [0, 0.1) is 5.82 Å². The Morgan fingerprint density at radius 2 is 2.10 bits per heavy atom. The van der Waals surface area contributed by atoms with E-state index >= 15 is 0 Å². The Bertz CT molecular complexity index is 653. The minimum absolute atomic E-state index is 0.0838. The molecule has 6 heteroatoms. The van der Waals surface area contributed by atoms with Gasteiger partial charge in [0.25, 0.3) is 5.91 Å². The van der Waals surface area contributed by atoms with Crippen molar-refractivity contribution in [1.29, 1.82) is 0 Å². The summed E-state index contributed by atoms with van der Waals surface area (Å²) in [5.41, 5.74) is 2.11. The predicted molar refractivity (Wildman–Crippen MR) is 77.6 cm³/mol. The van der Waals surface area contributed by atoms with Crippen LogP contribution in [0.15, 0.2) is 30.3 Å². The molecule has 0 bridgehead atoms. The van der Waals surface area contributed by atoms with Gasteiger partial charge < -0.3 is 4.90 Å². The van der Waals surface area contributed by atoms with Crippen LogP contribution >= 0.6 is 15.9 Å². The molecule has 1 aromatic heterocycles. The third kappa shape index (κ3) is 2.14. The first-order chi connectivity index (χ1) is 9.60. The smallest absolute Gasteiger partial charge is 0.276 e. The summed E-state index contributed by atoms with van der Waals surface area (Å²) >= 11 is 3.35. The number of halogens is 2. The highest BCUT2D eigenvalue weighted by atomic mass is 79.9. The molecule has 1 aliphatic rings. The summed E-state index contributed by atoms with van der Waals surface area (Å²) in [7, 11) is 0. The Labute approximate surface area is 124 Å². The molecule has 0 aliphatic carbocycles. The van der Waals surface area contributed by atoms with E-state index in [1.807, 2.05) is 6.92 Å². The van der Waals surface area contributed by atoms with Crippen LogP contribution in [0.4, 0.5) is 10.1 Å². The zero-order valence-electron chi connectivity index (χ0n) is 10.9. The molecule has 20 heavy (non-hydrogen) atoms. The van der Waals surface area contributed by atoms with Crippen LogP contribution in [0.3, 0.4) is 0 Å². The average Bonchev–Trinajstić information content (AvgIpc) is 2.89. The van der Waals surface area contributed by atoms with Gasteiger partial charge in [-0.1, -0.05) is 15.9 Å². The second-order valence-electron chi connectivity index (χ2n) is 4.84. The normalized spacial score (nSPS) is 18.2. The lowest BCUT2D eigenvalue weighted by Crippen LogP contribution is -2.42. The lowest BCUT2D eigenvalue weighted by Gasteiger charge is -2.31. The van der Waals surface area contributed by atoms with Crippen molar-refractivity contribution in [3.8, 4) is 0 Å². The van der Waals surface area contributed by atoms with Gasteiger partial charge in [-0.2, -0.15) is 5.10 Å². The Balaban J connectivity index is 2.00. The number of nitrogens with zero attached hydrogens (tertiary/aromatic N) is 3. The average molecular weight is 338 g/mol. The molecule has 0 unspecified atom stereocenters. The largest absolute Gasteiger partial charge is 0.305 e. The maximum absolute atomic E-state index is 13.0. The number of carbonyl (C=O) groups excluding carboxylic acids is 1. The van der Waals surface area contributed by atoms with E-state index in [0.29, 0.717) is 23.3 Å². The van der Waals surface area contributed by atoms with Gasteiger partial charge in [0, 0.05) is 17.6 Å². The Kier molecular flexibility index (Phi) is 3.33. The number of hydrogen-bond acceptors (Lipinski definition) is 2. The Morgan fingerprint density at radius 3 is 2.75 bits per heavy atom. The summed E-state index contributed by atoms with van der Waals surface area (Å²) in [6, 6.07) is 7.85. The molecule has 0 spiro atoms. The van der Waals surface area contributed by atoms with Crippen LogP contribution in [0.1, 0.15) is 29.1 Å².